The van der Waals surface area contributed by atoms with Crippen molar-refractivity contribution >= 4 is 50.6 Å². The van der Waals surface area contributed by atoms with Gasteiger partial charge in [-0.1, -0.05) is 42.1 Å². The second-order valence-electron chi connectivity index (χ2n) is 7.00. The normalized spacial score (nSPS) is 11.0. The first kappa shape index (κ1) is 20.3. The van der Waals surface area contributed by atoms with Crippen molar-refractivity contribution in [3.05, 3.63) is 65.7 Å². The Balaban J connectivity index is 1.60. The first-order valence-corrected chi connectivity index (χ1v) is 11.3. The quantitative estimate of drug-likeness (QED) is 0.411. The highest BCUT2D eigenvalue weighted by Crippen LogP contribution is 2.38. The van der Waals surface area contributed by atoms with Gasteiger partial charge in [-0.25, -0.2) is 4.98 Å². The molecule has 30 heavy (non-hydrogen) atoms. The second-order valence-corrected chi connectivity index (χ2v) is 8.85. The lowest BCUT2D eigenvalue weighted by atomic mass is 10.2. The number of benzene rings is 2. The molecule has 0 bridgehead atoms. The fourth-order valence-electron chi connectivity index (χ4n) is 3.21. The first-order chi connectivity index (χ1) is 14.5. The molecule has 0 fully saturated rings. The molecular formula is C22H22N4O2S2. The SMILES string of the molecule is CN(C)c1ccc(Cn2c(O)c3ccccc3c2SCC(=O)Nc2nccs2)cc1. The Labute approximate surface area is 183 Å². The summed E-state index contributed by atoms with van der Waals surface area (Å²) in [6, 6.07) is 16.0. The Morgan fingerprint density at radius 3 is 2.57 bits per heavy atom. The number of aromatic hydroxyl groups is 1. The van der Waals surface area contributed by atoms with E-state index in [1.165, 1.54) is 23.1 Å². The molecule has 0 radical (unpaired) electrons. The van der Waals surface area contributed by atoms with Gasteiger partial charge in [0.25, 0.3) is 0 Å². The minimum absolute atomic E-state index is 0.124. The molecule has 0 saturated carbocycles. The molecule has 2 N–H and O–H groups in total. The van der Waals surface area contributed by atoms with Crippen LogP contribution in [0.4, 0.5) is 10.8 Å². The third kappa shape index (κ3) is 4.29. The molecule has 6 nitrogen and oxygen atoms in total. The van der Waals surface area contributed by atoms with Crippen LogP contribution in [0.15, 0.2) is 65.1 Å². The average molecular weight is 439 g/mol. The van der Waals surface area contributed by atoms with Crippen molar-refractivity contribution in [1.29, 1.82) is 0 Å². The Morgan fingerprint density at radius 1 is 1.17 bits per heavy atom. The number of fused-ring (bicyclic) bond motifs is 1. The molecule has 4 rings (SSSR count). The predicted molar refractivity (Wildman–Crippen MR) is 125 cm³/mol. The van der Waals surface area contributed by atoms with Gasteiger partial charge < -0.3 is 19.9 Å². The smallest absolute Gasteiger partial charge is 0.236 e. The van der Waals surface area contributed by atoms with Crippen molar-refractivity contribution in [1.82, 2.24) is 9.55 Å². The minimum atomic E-state index is -0.124. The fourth-order valence-corrected chi connectivity index (χ4v) is 4.74. The molecule has 2 heterocycles. The summed E-state index contributed by atoms with van der Waals surface area (Å²) in [5, 5.41) is 18.7. The van der Waals surface area contributed by atoms with Crippen LogP contribution in [0.3, 0.4) is 0 Å². The molecule has 0 aliphatic carbocycles. The minimum Gasteiger partial charge on any atom is -0.494 e. The van der Waals surface area contributed by atoms with E-state index in [1.54, 1.807) is 6.20 Å². The van der Waals surface area contributed by atoms with E-state index in [1.807, 2.05) is 53.2 Å². The zero-order valence-corrected chi connectivity index (χ0v) is 18.3. The van der Waals surface area contributed by atoms with E-state index in [2.05, 4.69) is 34.6 Å². The van der Waals surface area contributed by atoms with E-state index in [-0.39, 0.29) is 17.5 Å². The number of rotatable bonds is 7. The van der Waals surface area contributed by atoms with E-state index in [4.69, 9.17) is 0 Å². The summed E-state index contributed by atoms with van der Waals surface area (Å²) < 4.78 is 1.87. The molecule has 0 unspecified atom stereocenters. The standard InChI is InChI=1S/C22H22N4O2S2/c1-25(2)16-9-7-15(8-10-16)13-26-20(28)17-5-3-4-6-18(17)21(26)30-14-19(27)24-22-23-11-12-29-22/h3-12,28H,13-14H2,1-2H3,(H,23,24,27). The van der Waals surface area contributed by atoms with Crippen LogP contribution in [0.5, 0.6) is 5.88 Å². The number of thiazole rings is 1. The van der Waals surface area contributed by atoms with E-state index in [0.29, 0.717) is 11.7 Å². The molecule has 0 aliphatic heterocycles. The summed E-state index contributed by atoms with van der Waals surface area (Å²) in [7, 11) is 4.01. The third-order valence-electron chi connectivity index (χ3n) is 4.71. The number of nitrogens with zero attached hydrogens (tertiary/aromatic N) is 3. The van der Waals surface area contributed by atoms with Crippen molar-refractivity contribution < 1.29 is 9.90 Å². The van der Waals surface area contributed by atoms with Crippen LogP contribution in [-0.4, -0.2) is 40.4 Å². The third-order valence-corrected chi connectivity index (χ3v) is 6.52. The maximum atomic E-state index is 12.4. The van der Waals surface area contributed by atoms with Gasteiger partial charge in [-0.15, -0.1) is 11.3 Å². The van der Waals surface area contributed by atoms with Gasteiger partial charge in [-0.05, 0) is 23.8 Å². The Kier molecular flexibility index (Phi) is 5.96. The molecule has 0 spiro atoms. The van der Waals surface area contributed by atoms with Gasteiger partial charge in [0, 0.05) is 42.1 Å². The van der Waals surface area contributed by atoms with Crippen molar-refractivity contribution in [2.75, 3.05) is 30.1 Å². The molecule has 0 aliphatic rings. The van der Waals surface area contributed by atoms with Crippen LogP contribution < -0.4 is 10.2 Å². The van der Waals surface area contributed by atoms with Crippen LogP contribution in [-0.2, 0) is 11.3 Å². The summed E-state index contributed by atoms with van der Waals surface area (Å²) in [4.78, 5) is 18.5. The van der Waals surface area contributed by atoms with Crippen LogP contribution >= 0.6 is 23.1 Å². The van der Waals surface area contributed by atoms with Gasteiger partial charge in [0.15, 0.2) is 11.0 Å². The lowest BCUT2D eigenvalue weighted by Crippen LogP contribution is -2.14. The molecule has 0 saturated heterocycles. The Hall–Kier alpha value is -2.97. The fraction of sp³-hybridized carbons (Fsp3) is 0.182. The zero-order valence-electron chi connectivity index (χ0n) is 16.7. The number of hydrogen-bond acceptors (Lipinski definition) is 6. The number of amides is 1. The van der Waals surface area contributed by atoms with Crippen molar-refractivity contribution in [3.63, 3.8) is 0 Å². The van der Waals surface area contributed by atoms with Crippen molar-refractivity contribution in [3.8, 4) is 5.88 Å². The van der Waals surface area contributed by atoms with Gasteiger partial charge in [0.1, 0.15) is 0 Å². The van der Waals surface area contributed by atoms with Gasteiger partial charge >= 0.3 is 0 Å². The Bertz CT molecular complexity index is 1150. The van der Waals surface area contributed by atoms with Gasteiger partial charge in [-0.2, -0.15) is 0 Å². The summed E-state index contributed by atoms with van der Waals surface area (Å²) in [5.41, 5.74) is 2.19. The van der Waals surface area contributed by atoms with Gasteiger partial charge in [0.2, 0.25) is 5.91 Å². The molecule has 154 valence electrons. The lowest BCUT2D eigenvalue weighted by Gasteiger charge is -2.14. The highest BCUT2D eigenvalue weighted by atomic mass is 32.2. The van der Waals surface area contributed by atoms with Crippen LogP contribution in [0.25, 0.3) is 10.8 Å². The number of anilines is 2. The molecule has 2 aromatic carbocycles. The maximum Gasteiger partial charge on any atom is 0.236 e. The van der Waals surface area contributed by atoms with Crippen LogP contribution in [0.2, 0.25) is 0 Å². The molecule has 0 atom stereocenters. The molecule has 1 amide bonds. The van der Waals surface area contributed by atoms with Gasteiger partial charge in [0.05, 0.1) is 17.3 Å². The van der Waals surface area contributed by atoms with E-state index in [0.717, 1.165) is 27.0 Å². The average Bonchev–Trinajstić information content (AvgIpc) is 3.34. The number of hydrogen-bond donors (Lipinski definition) is 2. The number of carbonyl (C=O) groups excluding carboxylic acids is 1. The number of thioether (sulfide) groups is 1. The van der Waals surface area contributed by atoms with E-state index in [9.17, 15) is 9.90 Å². The highest BCUT2D eigenvalue weighted by molar-refractivity contribution is 8.00. The summed E-state index contributed by atoms with van der Waals surface area (Å²) in [6.45, 7) is 0.519. The van der Waals surface area contributed by atoms with E-state index >= 15 is 0 Å². The van der Waals surface area contributed by atoms with Crippen molar-refractivity contribution in [2.24, 2.45) is 0 Å². The maximum absolute atomic E-state index is 12.4. The summed E-state index contributed by atoms with van der Waals surface area (Å²) in [5.74, 6) is 0.318. The van der Waals surface area contributed by atoms with E-state index < -0.39 is 0 Å². The van der Waals surface area contributed by atoms with Gasteiger partial charge in [-0.3, -0.25) is 4.79 Å². The second kappa shape index (κ2) is 8.81. The summed E-state index contributed by atoms with van der Waals surface area (Å²) in [6.07, 6.45) is 1.66. The van der Waals surface area contributed by atoms with Crippen molar-refractivity contribution in [2.45, 2.75) is 11.6 Å². The number of aromatic nitrogens is 2. The molecular weight excluding hydrogens is 416 g/mol. The topological polar surface area (TPSA) is 70.4 Å². The Morgan fingerprint density at radius 2 is 1.90 bits per heavy atom. The summed E-state index contributed by atoms with van der Waals surface area (Å²) >= 11 is 2.80. The van der Waals surface area contributed by atoms with Crippen LogP contribution in [0, 0.1) is 0 Å². The molecule has 2 aromatic heterocycles. The number of nitrogens with one attached hydrogen (secondary N) is 1. The monoisotopic (exact) mass is 438 g/mol. The van der Waals surface area contributed by atoms with Crippen LogP contribution in [0.1, 0.15) is 5.56 Å². The number of carbonyl (C=O) groups is 1. The molecule has 8 heteroatoms. The predicted octanol–water partition coefficient (Wildman–Crippen LogP) is 4.65. The zero-order chi connectivity index (χ0) is 21.1. The lowest BCUT2D eigenvalue weighted by molar-refractivity contribution is -0.113. The first-order valence-electron chi connectivity index (χ1n) is 9.41. The highest BCUT2D eigenvalue weighted by Gasteiger charge is 2.18. The molecule has 4 aromatic rings. The largest absolute Gasteiger partial charge is 0.494 e.